The molecule has 0 aromatic carbocycles. The first kappa shape index (κ1) is 18.1. The number of sulfone groups is 1. The molecule has 2 unspecified atom stereocenters. The summed E-state index contributed by atoms with van der Waals surface area (Å²) >= 11 is 1.59. The van der Waals surface area contributed by atoms with Crippen molar-refractivity contribution < 1.29 is 23.1 Å². The molecule has 7 nitrogen and oxygen atoms in total. The average molecular weight is 338 g/mol. The van der Waals surface area contributed by atoms with E-state index in [0.717, 1.165) is 17.1 Å². The van der Waals surface area contributed by atoms with E-state index in [-0.39, 0.29) is 17.5 Å². The summed E-state index contributed by atoms with van der Waals surface area (Å²) in [5.41, 5.74) is 0. The summed E-state index contributed by atoms with van der Waals surface area (Å²) in [7, 11) is -3.17. The number of amides is 2. The molecule has 0 spiro atoms. The van der Waals surface area contributed by atoms with Gasteiger partial charge in [-0.2, -0.15) is 11.8 Å². The van der Waals surface area contributed by atoms with Crippen molar-refractivity contribution in [2.45, 2.75) is 31.8 Å². The predicted octanol–water partition coefficient (Wildman–Crippen LogP) is 0.411. The summed E-state index contributed by atoms with van der Waals surface area (Å²) in [6.07, 6.45) is 2.95. The molecule has 1 rings (SSSR count). The van der Waals surface area contributed by atoms with E-state index in [1.54, 1.807) is 11.8 Å². The number of carbonyl (C=O) groups excluding carboxylic acids is 1. The molecule has 1 fully saturated rings. The Morgan fingerprint density at radius 3 is 2.57 bits per heavy atom. The summed E-state index contributed by atoms with van der Waals surface area (Å²) in [5, 5.41) is 11.7. The Labute approximate surface area is 129 Å². The van der Waals surface area contributed by atoms with Gasteiger partial charge in [0.05, 0.1) is 11.5 Å². The Morgan fingerprint density at radius 1 is 1.48 bits per heavy atom. The Balaban J connectivity index is 2.77. The molecular formula is C12H22N2O5S2. The number of carboxylic acids is 1. The third kappa shape index (κ3) is 5.74. The highest BCUT2D eigenvalue weighted by Crippen LogP contribution is 2.18. The number of hydrogen-bond donors (Lipinski definition) is 2. The molecule has 122 valence electrons. The van der Waals surface area contributed by atoms with Crippen LogP contribution in [-0.2, 0) is 14.6 Å². The first-order valence-electron chi connectivity index (χ1n) is 6.77. The molecule has 21 heavy (non-hydrogen) atoms. The molecule has 1 aliphatic rings. The molecule has 1 saturated heterocycles. The summed E-state index contributed by atoms with van der Waals surface area (Å²) in [4.78, 5) is 24.3. The van der Waals surface area contributed by atoms with E-state index >= 15 is 0 Å². The zero-order valence-corrected chi connectivity index (χ0v) is 13.9. The standard InChI is InChI=1S/C12H22N2O5S2/c1-3-9(7-20-2)13-12(17)14(6-11(15)16)10-4-5-21(18,19)8-10/h9-10H,3-8H2,1-2H3,(H,13,17)(H,15,16). The largest absolute Gasteiger partial charge is 0.480 e. The highest BCUT2D eigenvalue weighted by molar-refractivity contribution is 7.98. The second-order valence-corrected chi connectivity index (χ2v) is 8.23. The number of thioether (sulfide) groups is 1. The number of carboxylic acid groups (broad SMARTS) is 1. The van der Waals surface area contributed by atoms with Crippen LogP contribution in [0.25, 0.3) is 0 Å². The van der Waals surface area contributed by atoms with Crippen LogP contribution in [0.2, 0.25) is 0 Å². The first-order valence-corrected chi connectivity index (χ1v) is 9.99. The number of hydrogen-bond acceptors (Lipinski definition) is 5. The van der Waals surface area contributed by atoms with Gasteiger partial charge >= 0.3 is 12.0 Å². The van der Waals surface area contributed by atoms with Gasteiger partial charge in [-0.05, 0) is 19.1 Å². The van der Waals surface area contributed by atoms with E-state index in [1.165, 1.54) is 0 Å². The Morgan fingerprint density at radius 2 is 2.14 bits per heavy atom. The van der Waals surface area contributed by atoms with Gasteiger partial charge in [0.15, 0.2) is 9.84 Å². The fraction of sp³-hybridized carbons (Fsp3) is 0.833. The third-order valence-electron chi connectivity index (χ3n) is 3.40. The molecule has 0 aliphatic carbocycles. The normalized spacial score (nSPS) is 21.7. The Kier molecular flexibility index (Phi) is 6.79. The van der Waals surface area contributed by atoms with Gasteiger partial charge in [0.2, 0.25) is 0 Å². The van der Waals surface area contributed by atoms with E-state index in [0.29, 0.717) is 6.42 Å². The molecule has 0 aromatic heterocycles. The van der Waals surface area contributed by atoms with E-state index in [9.17, 15) is 18.0 Å². The fourth-order valence-corrected chi connectivity index (χ4v) is 4.71. The molecule has 0 bridgehead atoms. The van der Waals surface area contributed by atoms with Crippen LogP contribution in [0.3, 0.4) is 0 Å². The van der Waals surface area contributed by atoms with Gasteiger partial charge < -0.3 is 15.3 Å². The number of nitrogens with one attached hydrogen (secondary N) is 1. The molecule has 0 radical (unpaired) electrons. The zero-order chi connectivity index (χ0) is 16.0. The van der Waals surface area contributed by atoms with Crippen molar-refractivity contribution in [3.8, 4) is 0 Å². The SMILES string of the molecule is CCC(CSC)NC(=O)N(CC(=O)O)C1CCS(=O)(=O)C1. The maximum atomic E-state index is 12.3. The molecular weight excluding hydrogens is 316 g/mol. The van der Waals surface area contributed by atoms with Crippen LogP contribution in [-0.4, -0.2) is 72.6 Å². The lowest BCUT2D eigenvalue weighted by Crippen LogP contribution is -2.52. The molecule has 1 aliphatic heterocycles. The molecule has 2 N–H and O–H groups in total. The first-order chi connectivity index (χ1) is 9.79. The van der Waals surface area contributed by atoms with E-state index in [4.69, 9.17) is 5.11 Å². The predicted molar refractivity (Wildman–Crippen MR) is 82.4 cm³/mol. The molecule has 1 heterocycles. The van der Waals surface area contributed by atoms with Gasteiger partial charge in [-0.1, -0.05) is 6.92 Å². The van der Waals surface area contributed by atoms with Gasteiger partial charge in [0, 0.05) is 17.8 Å². The quantitative estimate of drug-likeness (QED) is 0.697. The summed E-state index contributed by atoms with van der Waals surface area (Å²) < 4.78 is 23.1. The smallest absolute Gasteiger partial charge is 0.323 e. The van der Waals surface area contributed by atoms with E-state index in [1.807, 2.05) is 13.2 Å². The molecule has 9 heteroatoms. The van der Waals surface area contributed by atoms with Gasteiger partial charge in [-0.15, -0.1) is 0 Å². The van der Waals surface area contributed by atoms with Crippen molar-refractivity contribution in [1.29, 1.82) is 0 Å². The van der Waals surface area contributed by atoms with Crippen LogP contribution in [0.5, 0.6) is 0 Å². The highest BCUT2D eigenvalue weighted by atomic mass is 32.2. The maximum Gasteiger partial charge on any atom is 0.323 e. The van der Waals surface area contributed by atoms with Gasteiger partial charge in [-0.3, -0.25) is 4.79 Å². The molecule has 2 atom stereocenters. The van der Waals surface area contributed by atoms with Gasteiger partial charge in [-0.25, -0.2) is 13.2 Å². The zero-order valence-electron chi connectivity index (χ0n) is 12.2. The third-order valence-corrected chi connectivity index (χ3v) is 5.89. The number of carbonyl (C=O) groups is 2. The minimum absolute atomic E-state index is 0.00306. The molecule has 0 aromatic rings. The van der Waals surface area contributed by atoms with Crippen LogP contribution in [0.15, 0.2) is 0 Å². The maximum absolute atomic E-state index is 12.3. The van der Waals surface area contributed by atoms with Crippen molar-refractivity contribution in [3.63, 3.8) is 0 Å². The Bertz CT molecular complexity index is 480. The van der Waals surface area contributed by atoms with Crippen molar-refractivity contribution in [2.75, 3.05) is 30.1 Å². The monoisotopic (exact) mass is 338 g/mol. The highest BCUT2D eigenvalue weighted by Gasteiger charge is 2.36. The topological polar surface area (TPSA) is 104 Å². The van der Waals surface area contributed by atoms with Gasteiger partial charge in [0.25, 0.3) is 0 Å². The second kappa shape index (κ2) is 7.88. The summed E-state index contributed by atoms with van der Waals surface area (Å²) in [5.74, 6) is -0.574. The van der Waals surface area contributed by atoms with Gasteiger partial charge in [0.1, 0.15) is 6.54 Å². The number of nitrogens with zero attached hydrogens (tertiary/aromatic N) is 1. The summed E-state index contributed by atoms with van der Waals surface area (Å²) in [6.45, 7) is 1.45. The molecule has 2 amide bonds. The number of aliphatic carboxylic acids is 1. The lowest BCUT2D eigenvalue weighted by Gasteiger charge is -2.29. The van der Waals surface area contributed by atoms with E-state index < -0.39 is 34.4 Å². The van der Waals surface area contributed by atoms with Crippen LogP contribution < -0.4 is 5.32 Å². The van der Waals surface area contributed by atoms with Crippen LogP contribution in [0, 0.1) is 0 Å². The van der Waals surface area contributed by atoms with Crippen LogP contribution >= 0.6 is 11.8 Å². The molecule has 0 saturated carbocycles. The number of rotatable bonds is 7. The lowest BCUT2D eigenvalue weighted by atomic mass is 10.2. The van der Waals surface area contributed by atoms with Crippen LogP contribution in [0.4, 0.5) is 4.79 Å². The van der Waals surface area contributed by atoms with Crippen molar-refractivity contribution in [2.24, 2.45) is 0 Å². The van der Waals surface area contributed by atoms with Crippen molar-refractivity contribution >= 4 is 33.6 Å². The number of urea groups is 1. The van der Waals surface area contributed by atoms with Crippen LogP contribution in [0.1, 0.15) is 19.8 Å². The van der Waals surface area contributed by atoms with Crippen molar-refractivity contribution in [3.05, 3.63) is 0 Å². The Hall–Kier alpha value is -0.960. The second-order valence-electron chi connectivity index (χ2n) is 5.09. The minimum Gasteiger partial charge on any atom is -0.480 e. The van der Waals surface area contributed by atoms with Crippen molar-refractivity contribution in [1.82, 2.24) is 10.2 Å². The lowest BCUT2D eigenvalue weighted by molar-refractivity contribution is -0.138. The summed E-state index contributed by atoms with van der Waals surface area (Å²) in [6, 6.07) is -1.11. The van der Waals surface area contributed by atoms with E-state index in [2.05, 4.69) is 5.32 Å². The average Bonchev–Trinajstić information content (AvgIpc) is 2.75. The minimum atomic E-state index is -3.17. The fourth-order valence-electron chi connectivity index (χ4n) is 2.25.